The number of amides is 1. The Morgan fingerprint density at radius 3 is 2.65 bits per heavy atom. The average molecular weight is 601 g/mol. The fourth-order valence-corrected chi connectivity index (χ4v) is 5.82. The van der Waals surface area contributed by atoms with Crippen molar-refractivity contribution in [1.29, 1.82) is 0 Å². The molecule has 1 amide bonds. The lowest BCUT2D eigenvalue weighted by molar-refractivity contribution is 0.0599. The predicted octanol–water partition coefficient (Wildman–Crippen LogP) is 5.33. The lowest BCUT2D eigenvalue weighted by Gasteiger charge is -2.38. The van der Waals surface area contributed by atoms with Crippen LogP contribution in [0.2, 0.25) is 0 Å². The fraction of sp³-hybridized carbons (Fsp3) is 0.258. The van der Waals surface area contributed by atoms with Gasteiger partial charge in [-0.05, 0) is 48.4 Å². The number of likely N-dealkylation sites (tertiary alicyclic amines) is 1. The lowest BCUT2D eigenvalue weighted by Crippen LogP contribution is -2.48. The Morgan fingerprint density at radius 2 is 1.90 bits per heavy atom. The van der Waals surface area contributed by atoms with Gasteiger partial charge in [0.15, 0.2) is 0 Å². The third-order valence-corrected chi connectivity index (χ3v) is 8.16. The first-order valence-electron chi connectivity index (χ1n) is 13.2. The molecule has 1 saturated heterocycles. The van der Waals surface area contributed by atoms with E-state index in [1.165, 1.54) is 5.56 Å². The van der Waals surface area contributed by atoms with E-state index in [4.69, 9.17) is 4.74 Å². The van der Waals surface area contributed by atoms with Crippen LogP contribution in [-0.2, 0) is 13.1 Å². The molecule has 40 heavy (non-hydrogen) atoms. The minimum absolute atomic E-state index is 0.0104. The van der Waals surface area contributed by atoms with Crippen LogP contribution in [0.1, 0.15) is 44.9 Å². The second kappa shape index (κ2) is 10.9. The Morgan fingerprint density at radius 1 is 1.10 bits per heavy atom. The molecule has 6 rings (SSSR count). The molecule has 0 spiro atoms. The molecule has 0 bridgehead atoms. The number of halogens is 1. The molecular formula is C31H30BrN5O3. The summed E-state index contributed by atoms with van der Waals surface area (Å²) in [5.74, 6) is 0.839. The predicted molar refractivity (Wildman–Crippen MR) is 157 cm³/mol. The molecule has 5 aromatic rings. The van der Waals surface area contributed by atoms with Crippen molar-refractivity contribution in [3.63, 3.8) is 0 Å². The van der Waals surface area contributed by atoms with Gasteiger partial charge < -0.3 is 19.3 Å². The number of aromatic nitrogens is 4. The summed E-state index contributed by atoms with van der Waals surface area (Å²) in [4.78, 5) is 15.7. The number of hydrogen-bond donors (Lipinski definition) is 1. The summed E-state index contributed by atoms with van der Waals surface area (Å²) in [7, 11) is 1.64. The van der Waals surface area contributed by atoms with Crippen molar-refractivity contribution in [2.75, 3.05) is 20.2 Å². The van der Waals surface area contributed by atoms with Gasteiger partial charge in [-0.25, -0.2) is 4.68 Å². The summed E-state index contributed by atoms with van der Waals surface area (Å²) in [6, 6.07) is 23.8. The first-order valence-corrected chi connectivity index (χ1v) is 14.0. The van der Waals surface area contributed by atoms with E-state index in [1.54, 1.807) is 11.8 Å². The molecule has 9 heteroatoms. The highest BCUT2D eigenvalue weighted by Gasteiger charge is 2.36. The zero-order valence-corrected chi connectivity index (χ0v) is 24.0. The zero-order chi connectivity index (χ0) is 27.8. The molecule has 8 nitrogen and oxygen atoms in total. The normalized spacial score (nSPS) is 14.3. The molecular weight excluding hydrogens is 570 g/mol. The van der Waals surface area contributed by atoms with Crippen molar-refractivity contribution in [1.82, 2.24) is 24.5 Å². The molecule has 1 N–H and O–H groups in total. The van der Waals surface area contributed by atoms with Crippen LogP contribution in [-0.4, -0.2) is 55.7 Å². The van der Waals surface area contributed by atoms with Crippen LogP contribution >= 0.6 is 15.9 Å². The summed E-state index contributed by atoms with van der Waals surface area (Å²) in [6.07, 6.45) is 1.18. The summed E-state index contributed by atoms with van der Waals surface area (Å²) >= 11 is 3.45. The van der Waals surface area contributed by atoms with E-state index >= 15 is 0 Å². The summed E-state index contributed by atoms with van der Waals surface area (Å²) in [6.45, 7) is 4.14. The van der Waals surface area contributed by atoms with Crippen molar-refractivity contribution in [2.24, 2.45) is 0 Å². The van der Waals surface area contributed by atoms with Crippen LogP contribution in [0.15, 0.2) is 83.5 Å². The molecule has 204 valence electrons. The van der Waals surface area contributed by atoms with Crippen LogP contribution in [0.25, 0.3) is 10.9 Å². The van der Waals surface area contributed by atoms with E-state index < -0.39 is 6.10 Å². The van der Waals surface area contributed by atoms with Crippen LogP contribution in [0.5, 0.6) is 5.75 Å². The third-order valence-electron chi connectivity index (χ3n) is 7.66. The number of aliphatic hydroxyl groups excluding tert-OH is 1. The second-order valence-electron chi connectivity index (χ2n) is 10.3. The van der Waals surface area contributed by atoms with Gasteiger partial charge in [0.1, 0.15) is 5.75 Å². The first kappa shape index (κ1) is 26.3. The highest BCUT2D eigenvalue weighted by atomic mass is 79.9. The van der Waals surface area contributed by atoms with E-state index in [2.05, 4.69) is 42.9 Å². The minimum atomic E-state index is -0.695. The van der Waals surface area contributed by atoms with Gasteiger partial charge in [-0.2, -0.15) is 0 Å². The zero-order valence-electron chi connectivity index (χ0n) is 22.4. The second-order valence-corrected chi connectivity index (χ2v) is 11.2. The first-order chi connectivity index (χ1) is 19.4. The lowest BCUT2D eigenvalue weighted by atomic mass is 9.95. The van der Waals surface area contributed by atoms with Gasteiger partial charge in [0.2, 0.25) is 0 Å². The van der Waals surface area contributed by atoms with E-state index in [0.29, 0.717) is 31.7 Å². The molecule has 1 aliphatic heterocycles. The summed E-state index contributed by atoms with van der Waals surface area (Å²) in [5.41, 5.74) is 5.47. The number of carbonyl (C=O) groups is 1. The van der Waals surface area contributed by atoms with Crippen LogP contribution in [0.3, 0.4) is 0 Å². The van der Waals surface area contributed by atoms with Crippen LogP contribution in [0, 0.1) is 6.92 Å². The molecule has 3 aromatic carbocycles. The van der Waals surface area contributed by atoms with E-state index in [-0.39, 0.29) is 11.8 Å². The SMILES string of the molecule is COc1ccc2c(c1)c(C(=O)N1CC(c3cn(C[C@H](O)c4cccc(Br)c4)nn3)C1)c(C)n2Cc1ccccc1. The number of nitrogens with zero attached hydrogens (tertiary/aromatic N) is 5. The quantitative estimate of drug-likeness (QED) is 0.260. The van der Waals surface area contributed by atoms with Gasteiger partial charge in [-0.1, -0.05) is 63.6 Å². The van der Waals surface area contributed by atoms with E-state index in [0.717, 1.165) is 38.1 Å². The molecule has 2 aromatic heterocycles. The van der Waals surface area contributed by atoms with Crippen molar-refractivity contribution < 1.29 is 14.6 Å². The maximum atomic E-state index is 13.8. The van der Waals surface area contributed by atoms with Gasteiger partial charge in [-0.3, -0.25) is 4.79 Å². The molecule has 1 atom stereocenters. The number of carbonyl (C=O) groups excluding carboxylic acids is 1. The number of fused-ring (bicyclic) bond motifs is 1. The van der Waals surface area contributed by atoms with E-state index in [1.807, 2.05) is 78.7 Å². The molecule has 0 unspecified atom stereocenters. The van der Waals surface area contributed by atoms with Gasteiger partial charge >= 0.3 is 0 Å². The Labute approximate surface area is 240 Å². The molecule has 0 saturated carbocycles. The number of rotatable bonds is 8. The topological polar surface area (TPSA) is 85.4 Å². The number of benzene rings is 3. The van der Waals surface area contributed by atoms with Crippen LogP contribution < -0.4 is 4.74 Å². The van der Waals surface area contributed by atoms with Gasteiger partial charge in [0.25, 0.3) is 5.91 Å². The maximum Gasteiger partial charge on any atom is 0.256 e. The largest absolute Gasteiger partial charge is 0.497 e. The highest BCUT2D eigenvalue weighted by molar-refractivity contribution is 9.10. The van der Waals surface area contributed by atoms with Crippen molar-refractivity contribution >= 4 is 32.7 Å². The van der Waals surface area contributed by atoms with Crippen molar-refractivity contribution in [3.05, 3.63) is 112 Å². The molecule has 0 aliphatic carbocycles. The standard InChI is InChI=1S/C31H30BrN5O3/c1-20-30(26-14-25(40-2)11-12-28(26)37(20)15-21-7-4-3-5-8-21)31(39)35-16-23(17-35)27-18-36(34-33-27)19-29(38)22-9-6-10-24(32)13-22/h3-14,18,23,29,38H,15-17,19H2,1-2H3/t29-/m0/s1. The van der Waals surface area contributed by atoms with Gasteiger partial charge in [0.05, 0.1) is 31.0 Å². The molecule has 0 radical (unpaired) electrons. The van der Waals surface area contributed by atoms with Crippen molar-refractivity contribution in [2.45, 2.75) is 32.0 Å². The van der Waals surface area contributed by atoms with Gasteiger partial charge in [0, 0.05) is 52.8 Å². The average Bonchev–Trinajstić information content (AvgIpc) is 3.49. The maximum absolute atomic E-state index is 13.8. The summed E-state index contributed by atoms with van der Waals surface area (Å²) in [5, 5.41) is 20.1. The Balaban J connectivity index is 1.19. The Kier molecular flexibility index (Phi) is 7.16. The van der Waals surface area contributed by atoms with Gasteiger partial charge in [-0.15, -0.1) is 5.10 Å². The minimum Gasteiger partial charge on any atom is -0.497 e. The number of methoxy groups -OCH3 is 1. The highest BCUT2D eigenvalue weighted by Crippen LogP contribution is 2.34. The number of ether oxygens (including phenoxy) is 1. The fourth-order valence-electron chi connectivity index (χ4n) is 5.40. The van der Waals surface area contributed by atoms with Crippen molar-refractivity contribution in [3.8, 4) is 5.75 Å². The molecule has 3 heterocycles. The Bertz CT molecular complexity index is 1670. The molecule has 1 fully saturated rings. The monoisotopic (exact) mass is 599 g/mol. The number of hydrogen-bond acceptors (Lipinski definition) is 5. The summed E-state index contributed by atoms with van der Waals surface area (Å²) < 4.78 is 10.3. The molecule has 1 aliphatic rings. The van der Waals surface area contributed by atoms with E-state index in [9.17, 15) is 9.90 Å². The Hall–Kier alpha value is -3.95. The third kappa shape index (κ3) is 5.02. The smallest absolute Gasteiger partial charge is 0.256 e. The number of aliphatic hydroxyl groups is 1. The van der Waals surface area contributed by atoms with Crippen LogP contribution in [0.4, 0.5) is 0 Å².